The van der Waals surface area contributed by atoms with E-state index in [1.54, 1.807) is 6.07 Å². The van der Waals surface area contributed by atoms with Crippen molar-refractivity contribution in [2.45, 2.75) is 6.42 Å². The Morgan fingerprint density at radius 1 is 1.21 bits per heavy atom. The van der Waals surface area contributed by atoms with Gasteiger partial charge in [-0.25, -0.2) is 12.7 Å². The molecule has 0 aliphatic rings. The predicted molar refractivity (Wildman–Crippen MR) is 55.2 cm³/mol. The predicted octanol–water partition coefficient (Wildman–Crippen LogP) is -0.277. The van der Waals surface area contributed by atoms with Crippen molar-refractivity contribution in [2.24, 2.45) is 0 Å². The molecule has 0 bridgehead atoms. The van der Waals surface area contributed by atoms with E-state index in [0.29, 0.717) is 6.54 Å². The lowest BCUT2D eigenvalue weighted by Crippen LogP contribution is -2.31. The molecule has 0 aliphatic carbocycles. The monoisotopic (exact) mass is 219 g/mol. The molecule has 0 aliphatic heterocycles. The molecular formula is C8H17N3O2S. The summed E-state index contributed by atoms with van der Waals surface area (Å²) in [6.45, 7) is 1.30. The molecule has 0 saturated heterocycles. The largest absolute Gasteiger partial charge is 0.309 e. The quantitative estimate of drug-likeness (QED) is 0.616. The third kappa shape index (κ3) is 5.17. The SMILES string of the molecule is CN(C)CCCN(C)S(=O)(=O)CC#N. The Morgan fingerprint density at radius 2 is 1.79 bits per heavy atom. The highest BCUT2D eigenvalue weighted by Crippen LogP contribution is 1.98. The van der Waals surface area contributed by atoms with Crippen LogP contribution in [0.5, 0.6) is 0 Å². The summed E-state index contributed by atoms with van der Waals surface area (Å²) >= 11 is 0. The van der Waals surface area contributed by atoms with Gasteiger partial charge in [0.2, 0.25) is 10.0 Å². The number of nitrogens with zero attached hydrogens (tertiary/aromatic N) is 3. The Kier molecular flexibility index (Phi) is 5.69. The standard InChI is InChI=1S/C8H17N3O2S/c1-10(2)6-4-7-11(3)14(12,13)8-5-9/h4,6-8H2,1-3H3. The first-order chi connectivity index (χ1) is 6.40. The van der Waals surface area contributed by atoms with Gasteiger partial charge in [-0.05, 0) is 27.1 Å². The lowest BCUT2D eigenvalue weighted by molar-refractivity contribution is 0.371. The van der Waals surface area contributed by atoms with Crippen LogP contribution in [0.3, 0.4) is 0 Å². The molecule has 5 nitrogen and oxygen atoms in total. The van der Waals surface area contributed by atoms with Crippen molar-refractivity contribution in [1.82, 2.24) is 9.21 Å². The maximum absolute atomic E-state index is 11.3. The zero-order valence-electron chi connectivity index (χ0n) is 8.89. The van der Waals surface area contributed by atoms with Gasteiger partial charge in [0.05, 0.1) is 6.07 Å². The van der Waals surface area contributed by atoms with Gasteiger partial charge in [0.25, 0.3) is 0 Å². The van der Waals surface area contributed by atoms with E-state index in [2.05, 4.69) is 0 Å². The molecule has 14 heavy (non-hydrogen) atoms. The van der Waals surface area contributed by atoms with Crippen molar-refractivity contribution in [2.75, 3.05) is 40.0 Å². The van der Waals surface area contributed by atoms with Gasteiger partial charge in [0, 0.05) is 13.6 Å². The molecular weight excluding hydrogens is 202 g/mol. The normalized spacial score (nSPS) is 12.0. The van der Waals surface area contributed by atoms with Gasteiger partial charge in [-0.2, -0.15) is 5.26 Å². The fraction of sp³-hybridized carbons (Fsp3) is 0.875. The van der Waals surface area contributed by atoms with Crippen molar-refractivity contribution in [3.05, 3.63) is 0 Å². The van der Waals surface area contributed by atoms with Gasteiger partial charge in [-0.15, -0.1) is 0 Å². The van der Waals surface area contributed by atoms with Crippen LogP contribution in [0.1, 0.15) is 6.42 Å². The van der Waals surface area contributed by atoms with Crippen LogP contribution in [0, 0.1) is 11.3 Å². The molecule has 0 aromatic heterocycles. The topological polar surface area (TPSA) is 64.4 Å². The zero-order valence-corrected chi connectivity index (χ0v) is 9.71. The van der Waals surface area contributed by atoms with Crippen LogP contribution in [0.4, 0.5) is 0 Å². The summed E-state index contributed by atoms with van der Waals surface area (Å²) in [6, 6.07) is 1.65. The van der Waals surface area contributed by atoms with E-state index in [9.17, 15) is 8.42 Å². The first-order valence-electron chi connectivity index (χ1n) is 4.36. The van der Waals surface area contributed by atoms with Gasteiger partial charge in [-0.1, -0.05) is 0 Å². The third-order valence-electron chi connectivity index (χ3n) is 1.80. The molecule has 0 radical (unpaired) electrons. The second kappa shape index (κ2) is 5.96. The van der Waals surface area contributed by atoms with E-state index in [0.717, 1.165) is 13.0 Å². The Bertz CT molecular complexity index is 292. The maximum atomic E-state index is 11.3. The second-order valence-corrected chi connectivity index (χ2v) is 5.47. The molecule has 0 aromatic rings. The lowest BCUT2D eigenvalue weighted by atomic mass is 10.4. The van der Waals surface area contributed by atoms with Crippen molar-refractivity contribution in [3.8, 4) is 6.07 Å². The van der Waals surface area contributed by atoms with Crippen molar-refractivity contribution < 1.29 is 8.42 Å². The first kappa shape index (κ1) is 13.4. The van der Waals surface area contributed by atoms with E-state index in [1.807, 2.05) is 19.0 Å². The van der Waals surface area contributed by atoms with Gasteiger partial charge in [0.1, 0.15) is 0 Å². The fourth-order valence-electron chi connectivity index (χ4n) is 0.940. The molecule has 82 valence electrons. The minimum atomic E-state index is -3.35. The first-order valence-corrected chi connectivity index (χ1v) is 5.97. The molecule has 0 saturated carbocycles. The molecule has 0 unspecified atom stereocenters. The van der Waals surface area contributed by atoms with E-state index in [1.165, 1.54) is 11.4 Å². The summed E-state index contributed by atoms with van der Waals surface area (Å²) in [7, 11) is 2.02. The number of rotatable bonds is 6. The Morgan fingerprint density at radius 3 is 2.21 bits per heavy atom. The van der Waals surface area contributed by atoms with Crippen molar-refractivity contribution in [1.29, 1.82) is 5.26 Å². The fourth-order valence-corrected chi connectivity index (χ4v) is 1.73. The van der Waals surface area contributed by atoms with Crippen molar-refractivity contribution in [3.63, 3.8) is 0 Å². The van der Waals surface area contributed by atoms with E-state index in [4.69, 9.17) is 5.26 Å². The molecule has 0 N–H and O–H groups in total. The van der Waals surface area contributed by atoms with Crippen LogP contribution >= 0.6 is 0 Å². The van der Waals surface area contributed by atoms with Crippen LogP contribution in [0.15, 0.2) is 0 Å². The number of hydrogen-bond acceptors (Lipinski definition) is 4. The maximum Gasteiger partial charge on any atom is 0.227 e. The van der Waals surface area contributed by atoms with Gasteiger partial charge < -0.3 is 4.90 Å². The number of sulfonamides is 1. The van der Waals surface area contributed by atoms with E-state index >= 15 is 0 Å². The Hall–Kier alpha value is -0.640. The number of hydrogen-bond donors (Lipinski definition) is 0. The van der Waals surface area contributed by atoms with Crippen molar-refractivity contribution >= 4 is 10.0 Å². The molecule has 6 heteroatoms. The van der Waals surface area contributed by atoms with Gasteiger partial charge in [0.15, 0.2) is 5.75 Å². The van der Waals surface area contributed by atoms with E-state index in [-0.39, 0.29) is 0 Å². The highest BCUT2D eigenvalue weighted by Gasteiger charge is 2.16. The molecule has 0 aromatic carbocycles. The average molecular weight is 219 g/mol. The van der Waals surface area contributed by atoms with E-state index < -0.39 is 15.8 Å². The third-order valence-corrected chi connectivity index (χ3v) is 3.43. The molecule has 0 spiro atoms. The highest BCUT2D eigenvalue weighted by molar-refractivity contribution is 7.89. The van der Waals surface area contributed by atoms with Gasteiger partial charge in [-0.3, -0.25) is 0 Å². The summed E-state index contributed by atoms with van der Waals surface area (Å²) in [5.41, 5.74) is 0. The molecule has 0 fully saturated rings. The minimum absolute atomic E-state index is 0.439. The second-order valence-electron chi connectivity index (χ2n) is 3.39. The summed E-state index contributed by atoms with van der Waals surface area (Å²) < 4.78 is 23.8. The average Bonchev–Trinajstić information content (AvgIpc) is 2.03. The molecule has 0 amide bonds. The number of nitriles is 1. The van der Waals surface area contributed by atoms with Crippen LogP contribution in [-0.2, 0) is 10.0 Å². The molecule has 0 heterocycles. The lowest BCUT2D eigenvalue weighted by Gasteiger charge is -2.16. The minimum Gasteiger partial charge on any atom is -0.309 e. The Balaban J connectivity index is 3.97. The summed E-state index contributed by atoms with van der Waals surface area (Å²) in [5, 5.41) is 8.30. The summed E-state index contributed by atoms with van der Waals surface area (Å²) in [4.78, 5) is 1.99. The molecule has 0 rings (SSSR count). The smallest absolute Gasteiger partial charge is 0.227 e. The summed E-state index contributed by atoms with van der Waals surface area (Å²) in [6.07, 6.45) is 0.772. The summed E-state index contributed by atoms with van der Waals surface area (Å²) in [5.74, 6) is -0.439. The Labute approximate surface area is 86.0 Å². The zero-order chi connectivity index (χ0) is 11.2. The highest BCUT2D eigenvalue weighted by atomic mass is 32.2. The molecule has 0 atom stereocenters. The van der Waals surface area contributed by atoms with Crippen LogP contribution in [0.2, 0.25) is 0 Å². The van der Waals surface area contributed by atoms with Crippen LogP contribution in [-0.4, -0.2) is 57.6 Å². The van der Waals surface area contributed by atoms with Crippen LogP contribution in [0.25, 0.3) is 0 Å². The van der Waals surface area contributed by atoms with Crippen LogP contribution < -0.4 is 0 Å². The van der Waals surface area contributed by atoms with Gasteiger partial charge >= 0.3 is 0 Å².